The van der Waals surface area contributed by atoms with Gasteiger partial charge in [0.2, 0.25) is 59.1 Å². The lowest BCUT2D eigenvalue weighted by Crippen LogP contribution is -2.63. The van der Waals surface area contributed by atoms with Crippen molar-refractivity contribution in [3.63, 3.8) is 0 Å². The van der Waals surface area contributed by atoms with E-state index < -0.39 is 126 Å². The third-order valence-corrected chi connectivity index (χ3v) is 12.9. The number of amides is 10. The number of rotatable bonds is 27. The number of aliphatic imine (C=N–C) groups is 1. The van der Waals surface area contributed by atoms with Crippen molar-refractivity contribution in [3.05, 3.63) is 0 Å². The van der Waals surface area contributed by atoms with Crippen molar-refractivity contribution >= 4 is 65.0 Å². The van der Waals surface area contributed by atoms with Crippen LogP contribution in [-0.4, -0.2) is 191 Å². The number of guanidine groups is 1. The Morgan fingerprint density at radius 1 is 0.718 bits per heavy atom. The molecule has 25 nitrogen and oxygen atoms in total. The minimum absolute atomic E-state index is 0.0884. The standard InChI is InChI=1S/C46H81N13O12/c1-11-25(6)36(42(68)52-30(16-14-18-50-46(47)48)44(70)58-19-15-17-31(58)39(65)49-13-3)54-40(66)32-20-29(62)22-59(32)45(71)38(27(8)60)56-43(69)37(26(7)12-2)55-41(67)35(24(4)5)53-33(63)21-51-34(64)23-57(10)28(9)61/h24-27,29-32,35-38,60,62H,11-23H2,1-10H3,(H,49,65)(H,51,64)(H,52,68)(H,53,63)(H,54,66)(H,55,67)(H,56,69)(H4,47,48,50)/t25-,26+,27+,29+,30-,31-,32-,35-,36-,37+,38-/m0/s1. The van der Waals surface area contributed by atoms with Gasteiger partial charge in [0.05, 0.1) is 25.3 Å². The van der Waals surface area contributed by atoms with Crippen LogP contribution in [0, 0.1) is 17.8 Å². The number of likely N-dealkylation sites (N-methyl/N-ethyl adjacent to an activating group) is 2. The second-order valence-corrected chi connectivity index (χ2v) is 18.9. The molecular formula is C46H81N13O12. The zero-order valence-corrected chi connectivity index (χ0v) is 43.0. The van der Waals surface area contributed by atoms with Crippen molar-refractivity contribution in [1.29, 1.82) is 0 Å². The Bertz CT molecular complexity index is 1910. The molecule has 0 aromatic heterocycles. The molecule has 2 heterocycles. The Kier molecular flexibility index (Phi) is 25.2. The number of hydrogen-bond acceptors (Lipinski definition) is 13. The number of nitrogens with zero attached hydrogens (tertiary/aromatic N) is 4. The summed E-state index contributed by atoms with van der Waals surface area (Å²) in [5.41, 5.74) is 11.0. The third-order valence-electron chi connectivity index (χ3n) is 12.9. The Balaban J connectivity index is 2.33. The number of aliphatic hydroxyl groups excluding tert-OH is 2. The van der Waals surface area contributed by atoms with Gasteiger partial charge in [0, 0.05) is 46.6 Å². The van der Waals surface area contributed by atoms with E-state index in [0.717, 1.165) is 9.80 Å². The summed E-state index contributed by atoms with van der Waals surface area (Å²) in [6, 6.07) is -8.68. The molecule has 2 fully saturated rings. The molecule has 0 saturated carbocycles. The molecule has 2 aliphatic rings. The number of carbonyl (C=O) groups is 10. The summed E-state index contributed by atoms with van der Waals surface area (Å²) in [7, 11) is 1.42. The van der Waals surface area contributed by atoms with Crippen molar-refractivity contribution in [2.75, 3.05) is 46.3 Å². The van der Waals surface area contributed by atoms with E-state index in [1.165, 1.54) is 25.8 Å². The van der Waals surface area contributed by atoms with Gasteiger partial charge >= 0.3 is 0 Å². The molecule has 13 N–H and O–H groups in total. The zero-order valence-electron chi connectivity index (χ0n) is 43.0. The van der Waals surface area contributed by atoms with E-state index in [4.69, 9.17) is 11.5 Å². The molecule has 0 spiro atoms. The summed E-state index contributed by atoms with van der Waals surface area (Å²) >= 11 is 0. The van der Waals surface area contributed by atoms with Crippen LogP contribution in [0.5, 0.6) is 0 Å². The largest absolute Gasteiger partial charge is 0.391 e. The summed E-state index contributed by atoms with van der Waals surface area (Å²) in [6.07, 6.45) is -0.922. The summed E-state index contributed by atoms with van der Waals surface area (Å²) in [5.74, 6) is -8.33. The van der Waals surface area contributed by atoms with Crippen molar-refractivity contribution < 1.29 is 58.2 Å². The molecule has 2 rings (SSSR count). The minimum Gasteiger partial charge on any atom is -0.391 e. The fourth-order valence-electron chi connectivity index (χ4n) is 8.15. The lowest BCUT2D eigenvalue weighted by Gasteiger charge is -2.33. The fraction of sp³-hybridized carbons (Fsp3) is 0.761. The molecule has 10 amide bonds. The van der Waals surface area contributed by atoms with E-state index in [1.807, 2.05) is 0 Å². The van der Waals surface area contributed by atoms with E-state index in [0.29, 0.717) is 32.2 Å². The summed E-state index contributed by atoms with van der Waals surface area (Å²) in [4.78, 5) is 142. The first kappa shape index (κ1) is 61.0. The zero-order chi connectivity index (χ0) is 53.9. The van der Waals surface area contributed by atoms with Gasteiger partial charge in [0.15, 0.2) is 5.96 Å². The van der Waals surface area contributed by atoms with Gasteiger partial charge in [0.25, 0.3) is 0 Å². The normalized spacial score (nSPS) is 19.9. The van der Waals surface area contributed by atoms with Crippen LogP contribution in [-0.2, 0) is 47.9 Å². The molecule has 0 aliphatic carbocycles. The number of likely N-dealkylation sites (tertiary alicyclic amines) is 2. The van der Waals surface area contributed by atoms with Gasteiger partial charge < -0.3 is 73.6 Å². The predicted molar refractivity (Wildman–Crippen MR) is 261 cm³/mol. The second kappa shape index (κ2) is 29.3. The average molecular weight is 1010 g/mol. The van der Waals surface area contributed by atoms with Crippen LogP contribution < -0.4 is 48.7 Å². The van der Waals surface area contributed by atoms with Crippen LogP contribution in [0.1, 0.15) is 107 Å². The van der Waals surface area contributed by atoms with Crippen LogP contribution in [0.15, 0.2) is 4.99 Å². The Labute approximate surface area is 416 Å². The molecular weight excluding hydrogens is 927 g/mol. The van der Waals surface area contributed by atoms with Crippen LogP contribution in [0.25, 0.3) is 0 Å². The van der Waals surface area contributed by atoms with Gasteiger partial charge in [-0.2, -0.15) is 0 Å². The van der Waals surface area contributed by atoms with Crippen LogP contribution in [0.4, 0.5) is 0 Å². The van der Waals surface area contributed by atoms with Gasteiger partial charge in [-0.05, 0) is 57.3 Å². The molecule has 71 heavy (non-hydrogen) atoms. The van der Waals surface area contributed by atoms with Crippen LogP contribution >= 0.6 is 0 Å². The molecule has 402 valence electrons. The quantitative estimate of drug-likeness (QED) is 0.0214. The number of hydrogen-bond donors (Lipinski definition) is 11. The lowest BCUT2D eigenvalue weighted by atomic mass is 9.95. The van der Waals surface area contributed by atoms with Gasteiger partial charge in [0.1, 0.15) is 42.3 Å². The molecule has 25 heteroatoms. The summed E-state index contributed by atoms with van der Waals surface area (Å²) < 4.78 is 0. The first-order valence-corrected chi connectivity index (χ1v) is 24.6. The smallest absolute Gasteiger partial charge is 0.248 e. The van der Waals surface area contributed by atoms with Crippen molar-refractivity contribution in [3.8, 4) is 0 Å². The van der Waals surface area contributed by atoms with Crippen molar-refractivity contribution in [2.24, 2.45) is 34.2 Å². The summed E-state index contributed by atoms with van der Waals surface area (Å²) in [6.45, 7) is 14.1. The van der Waals surface area contributed by atoms with E-state index >= 15 is 0 Å². The maximum absolute atomic E-state index is 14.3. The average Bonchev–Trinajstić information content (AvgIpc) is 3.97. The monoisotopic (exact) mass is 1010 g/mol. The van der Waals surface area contributed by atoms with E-state index in [9.17, 15) is 58.2 Å². The van der Waals surface area contributed by atoms with Gasteiger partial charge in [-0.1, -0.05) is 54.4 Å². The minimum atomic E-state index is -1.69. The number of β-amino-alcohol motifs (C(OH)–C–C–N with tert-alkyl or cyclic N) is 1. The first-order chi connectivity index (χ1) is 33.3. The highest BCUT2D eigenvalue weighted by Crippen LogP contribution is 2.23. The first-order valence-electron chi connectivity index (χ1n) is 24.6. The highest BCUT2D eigenvalue weighted by Gasteiger charge is 2.45. The molecule has 0 unspecified atom stereocenters. The van der Waals surface area contributed by atoms with Crippen LogP contribution in [0.2, 0.25) is 0 Å². The predicted octanol–water partition coefficient (Wildman–Crippen LogP) is -3.72. The Morgan fingerprint density at radius 2 is 1.30 bits per heavy atom. The molecule has 0 radical (unpaired) electrons. The second-order valence-electron chi connectivity index (χ2n) is 18.9. The summed E-state index contributed by atoms with van der Waals surface area (Å²) in [5, 5.41) is 40.2. The lowest BCUT2D eigenvalue weighted by molar-refractivity contribution is -0.145. The number of aliphatic hydroxyl groups is 2. The van der Waals surface area contributed by atoms with Crippen LogP contribution in [0.3, 0.4) is 0 Å². The molecule has 0 aromatic carbocycles. The topological polar surface area (TPSA) is 369 Å². The SMILES string of the molecule is CCNC(=O)[C@@H]1CCCN1C(=O)[C@H](CCCN=C(N)N)NC(=O)[C@@H](NC(=O)[C@@H]1C[C@@H](O)CN1C(=O)[C@@H](NC(=O)[C@H](NC(=O)[C@@H](NC(=O)CNC(=O)CN(C)C(C)=O)C(C)C)[C@H](C)CC)[C@@H](C)O)[C@@H](C)CC. The maximum atomic E-state index is 14.3. The highest BCUT2D eigenvalue weighted by molar-refractivity contribution is 5.98. The Morgan fingerprint density at radius 3 is 1.85 bits per heavy atom. The number of carbonyl (C=O) groups excluding carboxylic acids is 10. The molecule has 11 atom stereocenters. The fourth-order valence-corrected chi connectivity index (χ4v) is 8.15. The highest BCUT2D eigenvalue weighted by atomic mass is 16.3. The van der Waals surface area contributed by atoms with E-state index in [1.54, 1.807) is 48.5 Å². The van der Waals surface area contributed by atoms with Crippen molar-refractivity contribution in [1.82, 2.24) is 51.9 Å². The van der Waals surface area contributed by atoms with Crippen molar-refractivity contribution in [2.45, 2.75) is 162 Å². The maximum Gasteiger partial charge on any atom is 0.248 e. The van der Waals surface area contributed by atoms with E-state index in [2.05, 4.69) is 42.2 Å². The molecule has 2 aliphatic heterocycles. The van der Waals surface area contributed by atoms with E-state index in [-0.39, 0.29) is 63.2 Å². The molecule has 0 aromatic rings. The number of nitrogens with two attached hydrogens (primary N) is 2. The Hall–Kier alpha value is -6.11. The van der Waals surface area contributed by atoms with Gasteiger partial charge in [-0.25, -0.2) is 0 Å². The molecule has 2 saturated heterocycles. The molecule has 0 bridgehead atoms. The number of nitrogens with one attached hydrogen (secondary N) is 7. The third kappa shape index (κ3) is 18.5. The van der Waals surface area contributed by atoms with Gasteiger partial charge in [-0.3, -0.25) is 52.9 Å². The van der Waals surface area contributed by atoms with Gasteiger partial charge in [-0.15, -0.1) is 0 Å².